The number of amides is 1. The summed E-state index contributed by atoms with van der Waals surface area (Å²) in [5.74, 6) is -0.0704. The predicted octanol–water partition coefficient (Wildman–Crippen LogP) is 2.30. The van der Waals surface area contributed by atoms with Crippen LogP contribution in [0.5, 0.6) is 0 Å². The summed E-state index contributed by atoms with van der Waals surface area (Å²) in [6, 6.07) is 8.26. The first kappa shape index (κ1) is 15.7. The number of pyridine rings is 1. The Morgan fingerprint density at radius 3 is 3.17 bits per heavy atom. The molecule has 2 aromatic heterocycles. The van der Waals surface area contributed by atoms with Gasteiger partial charge in [-0.25, -0.2) is 0 Å². The molecule has 0 saturated carbocycles. The van der Waals surface area contributed by atoms with Crippen molar-refractivity contribution < 1.29 is 9.53 Å². The second-order valence-electron chi connectivity index (χ2n) is 6.38. The molecule has 1 amide bonds. The Bertz CT molecular complexity index is 677. The van der Waals surface area contributed by atoms with E-state index in [0.717, 1.165) is 32.5 Å². The Balaban J connectivity index is 1.47. The van der Waals surface area contributed by atoms with Crippen LogP contribution in [0.4, 0.5) is 0 Å². The molecule has 0 radical (unpaired) electrons. The molecular weight excluding hydrogens is 322 g/mol. The normalized spacial score (nSPS) is 26.9. The van der Waals surface area contributed by atoms with Crippen LogP contribution in [0.2, 0.25) is 0 Å². The summed E-state index contributed by atoms with van der Waals surface area (Å²) < 4.78 is 6.03. The summed E-state index contributed by atoms with van der Waals surface area (Å²) in [4.78, 5) is 20.3. The molecule has 0 aliphatic carbocycles. The van der Waals surface area contributed by atoms with Crippen LogP contribution in [-0.4, -0.2) is 47.1 Å². The maximum absolute atomic E-state index is 12.5. The number of thiophene rings is 1. The van der Waals surface area contributed by atoms with Crippen LogP contribution in [0.1, 0.15) is 28.1 Å². The van der Waals surface area contributed by atoms with Crippen molar-refractivity contribution in [3.63, 3.8) is 0 Å². The lowest BCUT2D eigenvalue weighted by Gasteiger charge is -2.32. The molecule has 0 unspecified atom stereocenters. The molecule has 4 rings (SSSR count). The molecule has 3 atom stereocenters. The number of carbonyl (C=O) groups is 1. The Morgan fingerprint density at radius 1 is 1.42 bits per heavy atom. The van der Waals surface area contributed by atoms with Gasteiger partial charge < -0.3 is 10.1 Å². The van der Waals surface area contributed by atoms with Crippen molar-refractivity contribution in [2.75, 3.05) is 13.2 Å². The molecule has 2 aliphatic rings. The maximum atomic E-state index is 12.5. The van der Waals surface area contributed by atoms with Gasteiger partial charge in [0.05, 0.1) is 17.7 Å². The molecule has 5 nitrogen and oxygen atoms in total. The second kappa shape index (κ2) is 7.01. The van der Waals surface area contributed by atoms with Crippen molar-refractivity contribution >= 4 is 17.2 Å². The molecule has 2 fully saturated rings. The van der Waals surface area contributed by atoms with Gasteiger partial charge in [0.15, 0.2) is 0 Å². The van der Waals surface area contributed by atoms with E-state index in [1.165, 1.54) is 4.88 Å². The first-order chi connectivity index (χ1) is 11.8. The summed E-state index contributed by atoms with van der Waals surface area (Å²) in [6.45, 7) is 2.55. The summed E-state index contributed by atoms with van der Waals surface area (Å²) in [5.41, 5.74) is 0.599. The summed E-state index contributed by atoms with van der Waals surface area (Å²) in [7, 11) is 0. The van der Waals surface area contributed by atoms with Crippen LogP contribution < -0.4 is 5.32 Å². The van der Waals surface area contributed by atoms with E-state index in [1.54, 1.807) is 35.9 Å². The van der Waals surface area contributed by atoms with Gasteiger partial charge in [-0.2, -0.15) is 0 Å². The number of likely N-dealkylation sites (tertiary alicyclic amines) is 1. The quantitative estimate of drug-likeness (QED) is 0.926. The minimum Gasteiger partial charge on any atom is -0.374 e. The number of nitrogens with zero attached hydrogens (tertiary/aromatic N) is 2. The smallest absolute Gasteiger partial charge is 0.253 e. The highest BCUT2D eigenvalue weighted by Crippen LogP contribution is 2.31. The number of nitrogens with one attached hydrogen (secondary N) is 1. The van der Waals surface area contributed by atoms with Crippen LogP contribution >= 0.6 is 11.3 Å². The van der Waals surface area contributed by atoms with Crippen LogP contribution in [0.25, 0.3) is 0 Å². The van der Waals surface area contributed by atoms with Crippen molar-refractivity contribution in [3.8, 4) is 0 Å². The first-order valence-corrected chi connectivity index (χ1v) is 9.28. The third-order valence-corrected chi connectivity index (χ3v) is 5.67. The van der Waals surface area contributed by atoms with Gasteiger partial charge in [0, 0.05) is 43.0 Å². The lowest BCUT2D eigenvalue weighted by molar-refractivity contribution is -0.0210. The summed E-state index contributed by atoms with van der Waals surface area (Å²) in [6.07, 6.45) is 5.59. The van der Waals surface area contributed by atoms with Gasteiger partial charge in [0.25, 0.3) is 5.91 Å². The van der Waals surface area contributed by atoms with Gasteiger partial charge in [0.1, 0.15) is 0 Å². The van der Waals surface area contributed by atoms with E-state index in [-0.39, 0.29) is 18.1 Å². The fraction of sp³-hybridized carbons (Fsp3) is 0.444. The Kier molecular flexibility index (Phi) is 4.60. The van der Waals surface area contributed by atoms with Crippen LogP contribution in [-0.2, 0) is 11.3 Å². The number of hydrogen-bond donors (Lipinski definition) is 1. The first-order valence-electron chi connectivity index (χ1n) is 8.40. The van der Waals surface area contributed by atoms with E-state index < -0.39 is 0 Å². The highest BCUT2D eigenvalue weighted by Gasteiger charge is 2.44. The van der Waals surface area contributed by atoms with E-state index in [4.69, 9.17) is 4.74 Å². The van der Waals surface area contributed by atoms with Gasteiger partial charge in [-0.15, -0.1) is 11.3 Å². The molecule has 24 heavy (non-hydrogen) atoms. The monoisotopic (exact) mass is 343 g/mol. The van der Waals surface area contributed by atoms with Crippen molar-refractivity contribution in [2.45, 2.75) is 37.6 Å². The van der Waals surface area contributed by atoms with Crippen molar-refractivity contribution in [1.82, 2.24) is 15.2 Å². The highest BCUT2D eigenvalue weighted by atomic mass is 32.1. The molecular formula is C18H21N3O2S. The van der Waals surface area contributed by atoms with Gasteiger partial charge >= 0.3 is 0 Å². The zero-order valence-corrected chi connectivity index (χ0v) is 14.2. The van der Waals surface area contributed by atoms with E-state index >= 15 is 0 Å². The Morgan fingerprint density at radius 2 is 2.38 bits per heavy atom. The molecule has 2 saturated heterocycles. The van der Waals surface area contributed by atoms with Crippen LogP contribution in [0.15, 0.2) is 42.0 Å². The summed E-state index contributed by atoms with van der Waals surface area (Å²) in [5, 5.41) is 5.27. The average Bonchev–Trinajstić information content (AvgIpc) is 3.25. The van der Waals surface area contributed by atoms with Crippen molar-refractivity contribution in [2.24, 2.45) is 0 Å². The standard InChI is InChI=1S/C18H21N3O2S/c22-18(13-4-1-7-19-10-13)20-15-12-21(11-14-5-3-9-24-14)16-6-2-8-23-17(15)16/h1,3-5,7,9-10,15-17H,2,6,8,11-12H2,(H,20,22)/t15-,16-,17-/m1/s1. The van der Waals surface area contributed by atoms with E-state index in [9.17, 15) is 4.79 Å². The Labute approximate surface area is 145 Å². The van der Waals surface area contributed by atoms with E-state index in [0.29, 0.717) is 11.6 Å². The lowest BCUT2D eigenvalue weighted by Crippen LogP contribution is -2.47. The number of ether oxygens (including phenoxy) is 1. The predicted molar refractivity (Wildman–Crippen MR) is 93.0 cm³/mol. The minimum absolute atomic E-state index is 0.0305. The van der Waals surface area contributed by atoms with Crippen LogP contribution in [0.3, 0.4) is 0 Å². The average molecular weight is 343 g/mol. The largest absolute Gasteiger partial charge is 0.374 e. The minimum atomic E-state index is -0.0704. The van der Waals surface area contributed by atoms with Gasteiger partial charge in [-0.1, -0.05) is 6.07 Å². The molecule has 6 heteroatoms. The zero-order chi connectivity index (χ0) is 16.4. The highest BCUT2D eigenvalue weighted by molar-refractivity contribution is 7.09. The number of fused-ring (bicyclic) bond motifs is 1. The fourth-order valence-corrected chi connectivity index (χ4v) is 4.44. The molecule has 126 valence electrons. The maximum Gasteiger partial charge on any atom is 0.253 e. The molecule has 0 aromatic carbocycles. The van der Waals surface area contributed by atoms with Gasteiger partial charge in [0.2, 0.25) is 0 Å². The second-order valence-corrected chi connectivity index (χ2v) is 7.41. The molecule has 4 heterocycles. The van der Waals surface area contributed by atoms with Gasteiger partial charge in [-0.05, 0) is 36.4 Å². The topological polar surface area (TPSA) is 54.5 Å². The molecule has 0 spiro atoms. The number of carbonyl (C=O) groups excluding carboxylic acids is 1. The van der Waals surface area contributed by atoms with Crippen molar-refractivity contribution in [1.29, 1.82) is 0 Å². The third-order valence-electron chi connectivity index (χ3n) is 4.81. The fourth-order valence-electron chi connectivity index (χ4n) is 3.71. The summed E-state index contributed by atoms with van der Waals surface area (Å²) >= 11 is 1.78. The molecule has 0 bridgehead atoms. The number of aromatic nitrogens is 1. The van der Waals surface area contributed by atoms with Gasteiger partial charge in [-0.3, -0.25) is 14.7 Å². The molecule has 1 N–H and O–H groups in total. The lowest BCUT2D eigenvalue weighted by atomic mass is 10.0. The molecule has 2 aliphatic heterocycles. The van der Waals surface area contributed by atoms with Crippen molar-refractivity contribution in [3.05, 3.63) is 52.5 Å². The zero-order valence-electron chi connectivity index (χ0n) is 13.4. The number of hydrogen-bond acceptors (Lipinski definition) is 5. The number of rotatable bonds is 4. The third kappa shape index (κ3) is 3.22. The Hall–Kier alpha value is -1.76. The van der Waals surface area contributed by atoms with Crippen LogP contribution in [0, 0.1) is 0 Å². The molecule has 2 aromatic rings. The van der Waals surface area contributed by atoms with E-state index in [2.05, 4.69) is 32.7 Å². The SMILES string of the molecule is O=C(N[C@@H]1CN(Cc2cccs2)[C@@H]2CCCO[C@@H]21)c1cccnc1. The van der Waals surface area contributed by atoms with E-state index in [1.807, 2.05) is 0 Å².